The SMILES string of the molecule is COC(=O)C(NC1CCCCCC1)c1ccc(C)c(Br)c1. The zero-order valence-corrected chi connectivity index (χ0v) is 14.4. The second-order valence-electron chi connectivity index (χ2n) is 5.82. The highest BCUT2D eigenvalue weighted by Crippen LogP contribution is 2.25. The molecule has 0 radical (unpaired) electrons. The van der Waals surface area contributed by atoms with E-state index >= 15 is 0 Å². The Morgan fingerprint density at radius 2 is 1.95 bits per heavy atom. The molecule has 1 aromatic rings. The smallest absolute Gasteiger partial charge is 0.327 e. The number of methoxy groups -OCH3 is 1. The van der Waals surface area contributed by atoms with E-state index in [0.29, 0.717) is 6.04 Å². The molecule has 2 rings (SSSR count). The Hall–Kier alpha value is -0.870. The molecule has 0 spiro atoms. The molecule has 4 heteroatoms. The Labute approximate surface area is 135 Å². The van der Waals surface area contributed by atoms with Gasteiger partial charge in [0.05, 0.1) is 7.11 Å². The standard InChI is InChI=1S/C17H24BrNO2/c1-12-9-10-13(11-15(12)18)16(17(20)21-2)19-14-7-5-3-4-6-8-14/h9-11,14,16,19H,3-8H2,1-2H3. The summed E-state index contributed by atoms with van der Waals surface area (Å²) in [5.41, 5.74) is 2.13. The molecule has 0 aliphatic heterocycles. The fourth-order valence-electron chi connectivity index (χ4n) is 2.89. The van der Waals surface area contributed by atoms with Gasteiger partial charge in [-0.25, -0.2) is 4.79 Å². The highest BCUT2D eigenvalue weighted by Gasteiger charge is 2.25. The molecule has 1 unspecified atom stereocenters. The van der Waals surface area contributed by atoms with Crippen LogP contribution in [-0.2, 0) is 9.53 Å². The Morgan fingerprint density at radius 3 is 2.52 bits per heavy atom. The maximum atomic E-state index is 12.2. The van der Waals surface area contributed by atoms with E-state index in [-0.39, 0.29) is 12.0 Å². The predicted molar refractivity (Wildman–Crippen MR) is 88.3 cm³/mol. The van der Waals surface area contributed by atoms with Crippen LogP contribution in [0.5, 0.6) is 0 Å². The van der Waals surface area contributed by atoms with Crippen molar-refractivity contribution in [2.45, 2.75) is 57.5 Å². The fourth-order valence-corrected chi connectivity index (χ4v) is 3.29. The van der Waals surface area contributed by atoms with E-state index in [2.05, 4.69) is 21.2 Å². The summed E-state index contributed by atoms with van der Waals surface area (Å²) >= 11 is 3.54. The number of aryl methyl sites for hydroxylation is 1. The van der Waals surface area contributed by atoms with Gasteiger partial charge in [-0.3, -0.25) is 5.32 Å². The Bertz CT molecular complexity index is 482. The third-order valence-electron chi connectivity index (χ3n) is 4.22. The van der Waals surface area contributed by atoms with Gasteiger partial charge in [0.2, 0.25) is 0 Å². The maximum Gasteiger partial charge on any atom is 0.327 e. The van der Waals surface area contributed by atoms with Crippen molar-refractivity contribution in [1.29, 1.82) is 0 Å². The van der Waals surface area contributed by atoms with Crippen molar-refractivity contribution in [3.8, 4) is 0 Å². The molecule has 0 amide bonds. The van der Waals surface area contributed by atoms with Crippen LogP contribution < -0.4 is 5.32 Å². The van der Waals surface area contributed by atoms with Gasteiger partial charge < -0.3 is 4.74 Å². The summed E-state index contributed by atoms with van der Waals surface area (Å²) in [7, 11) is 1.45. The van der Waals surface area contributed by atoms with Crippen molar-refractivity contribution in [2.24, 2.45) is 0 Å². The molecule has 1 aliphatic rings. The van der Waals surface area contributed by atoms with E-state index in [4.69, 9.17) is 4.74 Å². The van der Waals surface area contributed by atoms with Crippen molar-refractivity contribution < 1.29 is 9.53 Å². The zero-order chi connectivity index (χ0) is 15.2. The summed E-state index contributed by atoms with van der Waals surface area (Å²) in [6.07, 6.45) is 7.36. The molecule has 1 fully saturated rings. The number of ether oxygens (including phenoxy) is 1. The number of halogens is 1. The fraction of sp³-hybridized carbons (Fsp3) is 0.588. The van der Waals surface area contributed by atoms with Crippen LogP contribution >= 0.6 is 15.9 Å². The number of esters is 1. The monoisotopic (exact) mass is 353 g/mol. The van der Waals surface area contributed by atoms with Crippen LogP contribution in [0.1, 0.15) is 55.7 Å². The average Bonchev–Trinajstić information content (AvgIpc) is 2.75. The number of rotatable bonds is 4. The first-order valence-electron chi connectivity index (χ1n) is 7.71. The number of hydrogen-bond donors (Lipinski definition) is 1. The summed E-state index contributed by atoms with van der Waals surface area (Å²) in [5.74, 6) is -0.213. The predicted octanol–water partition coefficient (Wildman–Crippen LogP) is 4.28. The number of nitrogens with one attached hydrogen (secondary N) is 1. The minimum atomic E-state index is -0.380. The molecule has 0 aromatic heterocycles. The van der Waals surface area contributed by atoms with E-state index in [9.17, 15) is 4.79 Å². The lowest BCUT2D eigenvalue weighted by atomic mass is 10.0. The van der Waals surface area contributed by atoms with Crippen LogP contribution in [-0.4, -0.2) is 19.1 Å². The second kappa shape index (κ2) is 7.95. The van der Waals surface area contributed by atoms with E-state index in [1.807, 2.05) is 25.1 Å². The van der Waals surface area contributed by atoms with Gasteiger partial charge in [-0.2, -0.15) is 0 Å². The van der Waals surface area contributed by atoms with Gasteiger partial charge in [-0.15, -0.1) is 0 Å². The average molecular weight is 354 g/mol. The van der Waals surface area contributed by atoms with Gasteiger partial charge >= 0.3 is 5.97 Å². The lowest BCUT2D eigenvalue weighted by Gasteiger charge is -2.24. The topological polar surface area (TPSA) is 38.3 Å². The van der Waals surface area contributed by atoms with Gasteiger partial charge in [0.15, 0.2) is 0 Å². The quantitative estimate of drug-likeness (QED) is 0.648. The normalized spacial score (nSPS) is 18.0. The summed E-state index contributed by atoms with van der Waals surface area (Å²) in [5, 5.41) is 3.51. The third kappa shape index (κ3) is 4.55. The molecule has 1 atom stereocenters. The lowest BCUT2D eigenvalue weighted by Crippen LogP contribution is -2.37. The maximum absolute atomic E-state index is 12.2. The molecule has 21 heavy (non-hydrogen) atoms. The Morgan fingerprint density at radius 1 is 1.29 bits per heavy atom. The van der Waals surface area contributed by atoms with Crippen LogP contribution in [0.15, 0.2) is 22.7 Å². The van der Waals surface area contributed by atoms with Gasteiger partial charge in [-0.1, -0.05) is 53.7 Å². The molecule has 1 aliphatic carbocycles. The first-order valence-corrected chi connectivity index (χ1v) is 8.51. The van der Waals surface area contributed by atoms with Crippen LogP contribution in [0.25, 0.3) is 0 Å². The molecular formula is C17H24BrNO2. The second-order valence-corrected chi connectivity index (χ2v) is 6.67. The van der Waals surface area contributed by atoms with Crippen molar-refractivity contribution in [3.05, 3.63) is 33.8 Å². The summed E-state index contributed by atoms with van der Waals surface area (Å²) in [6.45, 7) is 2.04. The highest BCUT2D eigenvalue weighted by molar-refractivity contribution is 9.10. The highest BCUT2D eigenvalue weighted by atomic mass is 79.9. The Balaban J connectivity index is 2.17. The molecule has 0 heterocycles. The van der Waals surface area contributed by atoms with Gasteiger partial charge in [-0.05, 0) is 37.0 Å². The third-order valence-corrected chi connectivity index (χ3v) is 5.08. The van der Waals surface area contributed by atoms with E-state index < -0.39 is 0 Å². The van der Waals surface area contributed by atoms with Crippen molar-refractivity contribution >= 4 is 21.9 Å². The number of benzene rings is 1. The van der Waals surface area contributed by atoms with Crippen molar-refractivity contribution in [3.63, 3.8) is 0 Å². The summed E-state index contributed by atoms with van der Waals surface area (Å²) in [4.78, 5) is 12.2. The molecule has 0 saturated heterocycles. The molecule has 1 N–H and O–H groups in total. The first-order chi connectivity index (χ1) is 10.1. The summed E-state index contributed by atoms with van der Waals surface area (Å²) in [6, 6.07) is 6.07. The molecule has 116 valence electrons. The summed E-state index contributed by atoms with van der Waals surface area (Å²) < 4.78 is 6.02. The van der Waals surface area contributed by atoms with Gasteiger partial charge in [0.1, 0.15) is 6.04 Å². The molecule has 3 nitrogen and oxygen atoms in total. The van der Waals surface area contributed by atoms with E-state index in [1.165, 1.54) is 32.8 Å². The zero-order valence-electron chi connectivity index (χ0n) is 12.8. The van der Waals surface area contributed by atoms with Crippen molar-refractivity contribution in [2.75, 3.05) is 7.11 Å². The molecule has 0 bridgehead atoms. The van der Waals surface area contributed by atoms with Crippen LogP contribution in [0.4, 0.5) is 0 Å². The molecule has 1 aromatic carbocycles. The lowest BCUT2D eigenvalue weighted by molar-refractivity contribution is -0.143. The molecular weight excluding hydrogens is 330 g/mol. The van der Waals surface area contributed by atoms with Crippen LogP contribution in [0.3, 0.4) is 0 Å². The van der Waals surface area contributed by atoms with E-state index in [0.717, 1.165) is 28.4 Å². The van der Waals surface area contributed by atoms with Gasteiger partial charge in [0.25, 0.3) is 0 Å². The number of hydrogen-bond acceptors (Lipinski definition) is 3. The number of carbonyl (C=O) groups excluding carboxylic acids is 1. The molecule has 1 saturated carbocycles. The first kappa shape index (κ1) is 16.5. The largest absolute Gasteiger partial charge is 0.468 e. The van der Waals surface area contributed by atoms with Crippen LogP contribution in [0, 0.1) is 6.92 Å². The van der Waals surface area contributed by atoms with E-state index in [1.54, 1.807) is 0 Å². The van der Waals surface area contributed by atoms with Crippen molar-refractivity contribution in [1.82, 2.24) is 5.32 Å². The number of carbonyl (C=O) groups is 1. The minimum Gasteiger partial charge on any atom is -0.468 e. The van der Waals surface area contributed by atoms with Gasteiger partial charge in [0, 0.05) is 10.5 Å². The Kier molecular flexibility index (Phi) is 6.24. The van der Waals surface area contributed by atoms with Crippen LogP contribution in [0.2, 0.25) is 0 Å². The minimum absolute atomic E-state index is 0.213.